The molecule has 16 heteroatoms. The summed E-state index contributed by atoms with van der Waals surface area (Å²) in [4.78, 5) is 38.7. The molecule has 2 unspecified atom stereocenters. The molecule has 7 N–H and O–H groups in total. The fourth-order valence-corrected chi connectivity index (χ4v) is 7.54. The number of benzene rings is 2. The highest BCUT2D eigenvalue weighted by Crippen LogP contribution is 2.34. The lowest BCUT2D eigenvalue weighted by Crippen LogP contribution is -2.61. The molecule has 7 rings (SSSR count). The van der Waals surface area contributed by atoms with Gasteiger partial charge in [0.1, 0.15) is 42.0 Å². The van der Waals surface area contributed by atoms with Gasteiger partial charge in [-0.15, -0.1) is 0 Å². The Labute approximate surface area is 335 Å². The zero-order chi connectivity index (χ0) is 41.1. The van der Waals surface area contributed by atoms with E-state index in [4.69, 9.17) is 35.9 Å². The number of aliphatic hydroxyl groups is 2. The summed E-state index contributed by atoms with van der Waals surface area (Å²) in [6.07, 6.45) is 0.952. The molecule has 58 heavy (non-hydrogen) atoms. The van der Waals surface area contributed by atoms with E-state index in [0.717, 1.165) is 27.4 Å². The number of ether oxygens (including phenoxy) is 2. The number of nitrogens with two attached hydrogens (primary N) is 2. The minimum Gasteiger partial charge on any atom is -0.387 e. The smallest absolute Gasteiger partial charge is 0.320 e. The molecule has 0 aliphatic carbocycles. The number of hydrogen-bond acceptors (Lipinski definition) is 12. The molecule has 5 heterocycles. The van der Waals surface area contributed by atoms with E-state index in [9.17, 15) is 15.0 Å². The maximum atomic E-state index is 14.2. The van der Waals surface area contributed by atoms with Crippen LogP contribution < -0.4 is 16.8 Å². The van der Waals surface area contributed by atoms with Crippen molar-refractivity contribution in [2.75, 3.05) is 31.2 Å². The summed E-state index contributed by atoms with van der Waals surface area (Å²) < 4.78 is 15.4. The van der Waals surface area contributed by atoms with E-state index in [-0.39, 0.29) is 37.9 Å². The summed E-state index contributed by atoms with van der Waals surface area (Å²) >= 11 is 0. The molecule has 0 aliphatic rings. The highest BCUT2D eigenvalue weighted by Gasteiger charge is 2.41. The van der Waals surface area contributed by atoms with E-state index >= 15 is 0 Å². The van der Waals surface area contributed by atoms with Gasteiger partial charge in [0, 0.05) is 55.0 Å². The Balaban J connectivity index is 1.30. The van der Waals surface area contributed by atoms with Gasteiger partial charge in [-0.25, -0.2) is 24.7 Å². The number of pyridine rings is 3. The largest absolute Gasteiger partial charge is 0.387 e. The van der Waals surface area contributed by atoms with Crippen molar-refractivity contribution >= 4 is 61.5 Å². The van der Waals surface area contributed by atoms with Crippen molar-refractivity contribution in [3.8, 4) is 11.1 Å². The zero-order valence-electron chi connectivity index (χ0n) is 33.5. The van der Waals surface area contributed by atoms with Gasteiger partial charge in [0.05, 0.1) is 34.2 Å². The zero-order valence-corrected chi connectivity index (χ0v) is 33.5. The summed E-state index contributed by atoms with van der Waals surface area (Å²) in [5.74, 6) is 1.53. The van der Waals surface area contributed by atoms with Crippen LogP contribution in [0.25, 0.3) is 55.0 Å². The van der Waals surface area contributed by atoms with Crippen LogP contribution in [0.3, 0.4) is 0 Å². The van der Waals surface area contributed by atoms with Gasteiger partial charge in [0.15, 0.2) is 17.9 Å². The van der Waals surface area contributed by atoms with E-state index < -0.39 is 23.9 Å². The van der Waals surface area contributed by atoms with E-state index in [0.29, 0.717) is 65.4 Å². The molecule has 0 fully saturated rings. The quantitative estimate of drug-likeness (QED) is 0.0782. The topological polar surface area (TPSA) is 218 Å². The second-order valence-electron chi connectivity index (χ2n) is 14.8. The first-order chi connectivity index (χ1) is 28.0. The van der Waals surface area contributed by atoms with Gasteiger partial charge in [-0.1, -0.05) is 43.3 Å². The maximum absolute atomic E-state index is 14.2. The Morgan fingerprint density at radius 3 is 2.12 bits per heavy atom. The highest BCUT2D eigenvalue weighted by atomic mass is 16.5. The van der Waals surface area contributed by atoms with Crippen LogP contribution in [-0.2, 0) is 35.8 Å². The number of nitrogens with zero attached hydrogens (tertiary/aromatic N) is 8. The standard InChI is InChI=1S/C42H51N11O5/c1-6-17-46-41(56)53(42(4,5)24-52-33(23-58-8-3)50-35-37(52)27-13-9-10-14-29(27)47-38(35)43)40(55)31(54)21-51-32(22-57-7-2)49-34-36(51)28-16-15-25(19-30(28)48-39(34)44)26-12-11-18-45-20-26/h9-16,18-20,31,40,54-55H,6-8,17,21-24H2,1-5H3,(H2,43,47)(H2,44,48)(H,46,56). The lowest BCUT2D eigenvalue weighted by atomic mass is 10.0. The van der Waals surface area contributed by atoms with Crippen LogP contribution in [0.1, 0.15) is 52.7 Å². The van der Waals surface area contributed by atoms with Crippen molar-refractivity contribution in [2.45, 2.75) is 85.2 Å². The molecule has 304 valence electrons. The third-order valence-corrected chi connectivity index (χ3v) is 10.3. The highest BCUT2D eigenvalue weighted by molar-refractivity contribution is 6.08. The number of para-hydroxylation sites is 1. The van der Waals surface area contributed by atoms with Crippen molar-refractivity contribution in [3.63, 3.8) is 0 Å². The van der Waals surface area contributed by atoms with Crippen LogP contribution in [0.15, 0.2) is 67.0 Å². The maximum Gasteiger partial charge on any atom is 0.320 e. The molecule has 2 atom stereocenters. The SMILES string of the molecule is CCCNC(=O)N(C(O)C(O)Cn1c(COCC)nc2c(N)nc3cc(-c4cccnc4)ccc3c21)C(C)(C)Cn1c(COCC)nc2c(N)nc3ccccc3c21. The monoisotopic (exact) mass is 789 g/mol. The first-order valence-corrected chi connectivity index (χ1v) is 19.6. The van der Waals surface area contributed by atoms with Gasteiger partial charge >= 0.3 is 6.03 Å². The molecule has 16 nitrogen and oxygen atoms in total. The molecule has 0 bridgehead atoms. The van der Waals surface area contributed by atoms with E-state index in [1.54, 1.807) is 17.0 Å². The van der Waals surface area contributed by atoms with Gasteiger partial charge in [-0.05, 0) is 57.9 Å². The Morgan fingerprint density at radius 1 is 0.828 bits per heavy atom. The van der Waals surface area contributed by atoms with Crippen molar-refractivity contribution in [1.82, 2.24) is 44.3 Å². The number of imidazole rings is 2. The number of rotatable bonds is 16. The fourth-order valence-electron chi connectivity index (χ4n) is 7.54. The molecule has 0 radical (unpaired) electrons. The van der Waals surface area contributed by atoms with Crippen LogP contribution in [0, 0.1) is 0 Å². The summed E-state index contributed by atoms with van der Waals surface area (Å²) in [6, 6.07) is 16.8. The van der Waals surface area contributed by atoms with Crippen LogP contribution in [-0.4, -0.2) is 92.8 Å². The Morgan fingerprint density at radius 2 is 1.47 bits per heavy atom. The number of fused-ring (bicyclic) bond motifs is 6. The van der Waals surface area contributed by atoms with Gasteiger partial charge in [-0.3, -0.25) is 9.88 Å². The lowest BCUT2D eigenvalue weighted by Gasteiger charge is -2.43. The lowest BCUT2D eigenvalue weighted by molar-refractivity contribution is -0.103. The average molecular weight is 790 g/mol. The molecule has 2 amide bonds. The first-order valence-electron chi connectivity index (χ1n) is 19.6. The molecule has 2 aromatic carbocycles. The molecule has 0 spiro atoms. The Bertz CT molecular complexity index is 2570. The van der Waals surface area contributed by atoms with Crippen molar-refractivity contribution in [2.24, 2.45) is 0 Å². The molecular formula is C42H51N11O5. The Hall–Kier alpha value is -5.94. The molecule has 0 saturated heterocycles. The summed E-state index contributed by atoms with van der Waals surface area (Å²) in [7, 11) is 0. The Kier molecular flexibility index (Phi) is 11.7. The number of urea groups is 1. The van der Waals surface area contributed by atoms with E-state index in [1.165, 1.54) is 4.90 Å². The molecule has 5 aromatic heterocycles. The number of nitrogen functional groups attached to an aromatic ring is 2. The van der Waals surface area contributed by atoms with Crippen molar-refractivity contribution in [1.29, 1.82) is 0 Å². The number of anilines is 2. The van der Waals surface area contributed by atoms with Crippen LogP contribution >= 0.6 is 0 Å². The molecule has 0 aliphatic heterocycles. The minimum absolute atomic E-state index is 0.108. The summed E-state index contributed by atoms with van der Waals surface area (Å²) in [6.45, 7) is 10.9. The third kappa shape index (κ3) is 7.70. The van der Waals surface area contributed by atoms with Crippen LogP contribution in [0.5, 0.6) is 0 Å². The average Bonchev–Trinajstić information content (AvgIpc) is 3.77. The third-order valence-electron chi connectivity index (χ3n) is 10.3. The minimum atomic E-state index is -1.69. The number of carbonyl (C=O) groups excluding carboxylic acids is 1. The number of carbonyl (C=O) groups is 1. The second-order valence-corrected chi connectivity index (χ2v) is 14.8. The number of amides is 2. The summed E-state index contributed by atoms with van der Waals surface area (Å²) in [5, 5.41) is 28.8. The van der Waals surface area contributed by atoms with Gasteiger partial charge in [0.2, 0.25) is 0 Å². The number of aliphatic hydroxyl groups excluding tert-OH is 2. The first kappa shape index (κ1) is 40.3. The predicted octanol–water partition coefficient (Wildman–Crippen LogP) is 5.36. The van der Waals surface area contributed by atoms with Crippen molar-refractivity contribution < 1.29 is 24.5 Å². The summed E-state index contributed by atoms with van der Waals surface area (Å²) in [5.41, 5.74) is 17.3. The van der Waals surface area contributed by atoms with Crippen molar-refractivity contribution in [3.05, 3.63) is 78.6 Å². The number of nitrogens with one attached hydrogen (secondary N) is 1. The second kappa shape index (κ2) is 16.9. The number of aromatic nitrogens is 7. The molecule has 7 aromatic rings. The van der Waals surface area contributed by atoms with Gasteiger partial charge in [0.25, 0.3) is 0 Å². The van der Waals surface area contributed by atoms with Gasteiger partial charge in [-0.2, -0.15) is 0 Å². The number of hydrogen-bond donors (Lipinski definition) is 5. The van der Waals surface area contributed by atoms with Gasteiger partial charge < -0.3 is 45.6 Å². The van der Waals surface area contributed by atoms with Crippen LogP contribution in [0.4, 0.5) is 16.4 Å². The fraction of sp³-hybridized carbons (Fsp3) is 0.381. The predicted molar refractivity (Wildman–Crippen MR) is 224 cm³/mol. The molecule has 0 saturated carbocycles. The van der Waals surface area contributed by atoms with Crippen LogP contribution in [0.2, 0.25) is 0 Å². The van der Waals surface area contributed by atoms with E-state index in [2.05, 4.69) is 15.3 Å². The van der Waals surface area contributed by atoms with E-state index in [1.807, 2.05) is 93.8 Å². The normalized spacial score (nSPS) is 13.2. The molecular weight excluding hydrogens is 739 g/mol.